The lowest BCUT2D eigenvalue weighted by atomic mass is 9.87. The Balaban J connectivity index is 1.32. The predicted octanol–water partition coefficient (Wildman–Crippen LogP) is 6.86. The normalized spacial score (nSPS) is 16.3. The summed E-state index contributed by atoms with van der Waals surface area (Å²) in [6, 6.07) is 23.7. The zero-order chi connectivity index (χ0) is 29.4. The number of anilines is 2. The highest BCUT2D eigenvalue weighted by Crippen LogP contribution is 2.30. The summed E-state index contributed by atoms with van der Waals surface area (Å²) in [5.41, 5.74) is 4.24. The SMILES string of the molecule is CC(C)c1ccc(Nc2nc(C(C)N3CCN(S(=O)(=O)c4ccc(C(C)(C)C)cc4)CC3)nc3ccccc23)cc1. The lowest BCUT2D eigenvalue weighted by Gasteiger charge is -2.37. The molecule has 5 rings (SSSR count). The van der Waals surface area contributed by atoms with Gasteiger partial charge in [0.15, 0.2) is 0 Å². The van der Waals surface area contributed by atoms with Crippen LogP contribution in [0.5, 0.6) is 0 Å². The van der Waals surface area contributed by atoms with Gasteiger partial charge in [-0.2, -0.15) is 4.31 Å². The molecule has 1 saturated heterocycles. The van der Waals surface area contributed by atoms with Gasteiger partial charge in [0.1, 0.15) is 11.6 Å². The number of nitrogens with zero attached hydrogens (tertiary/aromatic N) is 4. The Bertz CT molecular complexity index is 1600. The zero-order valence-electron chi connectivity index (χ0n) is 24.9. The molecule has 0 spiro atoms. The molecule has 1 aliphatic heterocycles. The monoisotopic (exact) mass is 571 g/mol. The third-order valence-electron chi connectivity index (χ3n) is 8.01. The molecule has 1 unspecified atom stereocenters. The van der Waals surface area contributed by atoms with E-state index in [2.05, 4.69) is 76.0 Å². The Morgan fingerprint density at radius 1 is 0.805 bits per heavy atom. The summed E-state index contributed by atoms with van der Waals surface area (Å²) in [6.07, 6.45) is 0. The number of fused-ring (bicyclic) bond motifs is 1. The van der Waals surface area contributed by atoms with Crippen LogP contribution in [0.1, 0.15) is 70.5 Å². The van der Waals surface area contributed by atoms with E-state index in [1.54, 1.807) is 16.4 Å². The van der Waals surface area contributed by atoms with Crippen LogP contribution in [0.2, 0.25) is 0 Å². The molecule has 41 heavy (non-hydrogen) atoms. The first kappa shape index (κ1) is 29.2. The molecule has 4 aromatic rings. The summed E-state index contributed by atoms with van der Waals surface area (Å²) < 4.78 is 28.4. The number of rotatable bonds is 7. The van der Waals surface area contributed by atoms with E-state index >= 15 is 0 Å². The van der Waals surface area contributed by atoms with E-state index in [9.17, 15) is 8.42 Å². The van der Waals surface area contributed by atoms with Gasteiger partial charge in [-0.1, -0.05) is 71.0 Å². The summed E-state index contributed by atoms with van der Waals surface area (Å²) in [5.74, 6) is 1.97. The molecule has 0 radical (unpaired) electrons. The Morgan fingerprint density at radius 3 is 2.05 bits per heavy atom. The number of piperazine rings is 1. The highest BCUT2D eigenvalue weighted by Gasteiger charge is 2.31. The molecule has 0 amide bonds. The molecule has 1 N–H and O–H groups in total. The molecule has 0 bridgehead atoms. The van der Waals surface area contributed by atoms with Gasteiger partial charge in [-0.3, -0.25) is 4.90 Å². The summed E-state index contributed by atoms with van der Waals surface area (Å²) in [5, 5.41) is 4.48. The summed E-state index contributed by atoms with van der Waals surface area (Å²) in [4.78, 5) is 12.5. The summed E-state index contributed by atoms with van der Waals surface area (Å²) in [6.45, 7) is 14.9. The fraction of sp³-hybridized carbons (Fsp3) is 0.394. The van der Waals surface area contributed by atoms with Crippen molar-refractivity contribution < 1.29 is 8.42 Å². The molecule has 0 aliphatic carbocycles. The quantitative estimate of drug-likeness (QED) is 0.261. The van der Waals surface area contributed by atoms with Crippen LogP contribution in [-0.2, 0) is 15.4 Å². The number of nitrogens with one attached hydrogen (secondary N) is 1. The highest BCUT2D eigenvalue weighted by atomic mass is 32.2. The van der Waals surface area contributed by atoms with E-state index in [4.69, 9.17) is 9.97 Å². The first-order chi connectivity index (χ1) is 19.4. The number of aromatic nitrogens is 2. The van der Waals surface area contributed by atoms with Crippen molar-refractivity contribution in [2.45, 2.75) is 63.8 Å². The summed E-state index contributed by atoms with van der Waals surface area (Å²) in [7, 11) is -3.55. The van der Waals surface area contributed by atoms with Crippen molar-refractivity contribution >= 4 is 32.4 Å². The van der Waals surface area contributed by atoms with Gasteiger partial charge in [0.05, 0.1) is 16.5 Å². The van der Waals surface area contributed by atoms with Gasteiger partial charge in [0.25, 0.3) is 0 Å². The Labute approximate surface area is 244 Å². The molecule has 1 aliphatic rings. The number of hydrogen-bond donors (Lipinski definition) is 1. The average molecular weight is 572 g/mol. The van der Waals surface area contributed by atoms with Gasteiger partial charge in [0.2, 0.25) is 10.0 Å². The van der Waals surface area contributed by atoms with Gasteiger partial charge >= 0.3 is 0 Å². The summed E-state index contributed by atoms with van der Waals surface area (Å²) >= 11 is 0. The zero-order valence-corrected chi connectivity index (χ0v) is 25.7. The standard InChI is InChI=1S/C33H41N5O2S/c1-23(2)25-11-15-27(16-12-25)34-32-29-9-7-8-10-30(29)35-31(36-32)24(3)37-19-21-38(22-20-37)41(39,40)28-17-13-26(14-18-28)33(4,5)6/h7-18,23-24H,19-22H2,1-6H3,(H,34,35,36). The molecule has 216 valence electrons. The van der Waals surface area contributed by atoms with Crippen molar-refractivity contribution in [3.63, 3.8) is 0 Å². The van der Waals surface area contributed by atoms with E-state index in [1.165, 1.54) is 5.56 Å². The van der Waals surface area contributed by atoms with Crippen LogP contribution in [0.3, 0.4) is 0 Å². The van der Waals surface area contributed by atoms with Gasteiger partial charge in [-0.15, -0.1) is 0 Å². The largest absolute Gasteiger partial charge is 0.340 e. The average Bonchev–Trinajstić information content (AvgIpc) is 2.96. The van der Waals surface area contributed by atoms with Crippen molar-refractivity contribution in [1.29, 1.82) is 0 Å². The number of sulfonamides is 1. The Morgan fingerprint density at radius 2 is 1.44 bits per heavy atom. The van der Waals surface area contributed by atoms with Crippen molar-refractivity contribution in [3.05, 3.63) is 89.7 Å². The lowest BCUT2D eigenvalue weighted by molar-refractivity contribution is 0.141. The molecule has 1 aromatic heterocycles. The van der Waals surface area contributed by atoms with Gasteiger partial charge in [0, 0.05) is 37.3 Å². The molecular formula is C33H41N5O2S. The number of para-hydroxylation sites is 1. The smallest absolute Gasteiger partial charge is 0.243 e. The minimum absolute atomic E-state index is 0.0251. The molecule has 7 nitrogen and oxygen atoms in total. The minimum Gasteiger partial charge on any atom is -0.340 e. The molecule has 1 atom stereocenters. The predicted molar refractivity (Wildman–Crippen MR) is 167 cm³/mol. The van der Waals surface area contributed by atoms with Gasteiger partial charge < -0.3 is 5.32 Å². The first-order valence-corrected chi connectivity index (χ1v) is 15.9. The Hall–Kier alpha value is -3.33. The van der Waals surface area contributed by atoms with Crippen LogP contribution >= 0.6 is 0 Å². The molecule has 0 saturated carbocycles. The maximum absolute atomic E-state index is 13.4. The fourth-order valence-corrected chi connectivity index (χ4v) is 6.66. The maximum Gasteiger partial charge on any atom is 0.243 e. The first-order valence-electron chi connectivity index (χ1n) is 14.4. The van der Waals surface area contributed by atoms with E-state index in [-0.39, 0.29) is 11.5 Å². The van der Waals surface area contributed by atoms with Crippen molar-refractivity contribution in [1.82, 2.24) is 19.2 Å². The van der Waals surface area contributed by atoms with Crippen LogP contribution in [0, 0.1) is 0 Å². The van der Waals surface area contributed by atoms with E-state index < -0.39 is 10.0 Å². The molecular weight excluding hydrogens is 530 g/mol. The van der Waals surface area contributed by atoms with E-state index in [1.807, 2.05) is 36.4 Å². The second kappa shape index (κ2) is 11.5. The van der Waals surface area contributed by atoms with Crippen molar-refractivity contribution in [2.75, 3.05) is 31.5 Å². The van der Waals surface area contributed by atoms with Crippen molar-refractivity contribution in [3.8, 4) is 0 Å². The van der Waals surface area contributed by atoms with Crippen LogP contribution in [0.15, 0.2) is 77.7 Å². The van der Waals surface area contributed by atoms with E-state index in [0.717, 1.165) is 33.8 Å². The molecule has 8 heteroatoms. The second-order valence-corrected chi connectivity index (χ2v) is 14.2. The molecule has 1 fully saturated rings. The van der Waals surface area contributed by atoms with Gasteiger partial charge in [-0.05, 0) is 65.8 Å². The topological polar surface area (TPSA) is 78.4 Å². The third-order valence-corrected chi connectivity index (χ3v) is 9.93. The highest BCUT2D eigenvalue weighted by molar-refractivity contribution is 7.89. The van der Waals surface area contributed by atoms with Crippen LogP contribution in [0.4, 0.5) is 11.5 Å². The van der Waals surface area contributed by atoms with Gasteiger partial charge in [-0.25, -0.2) is 18.4 Å². The molecule has 2 heterocycles. The van der Waals surface area contributed by atoms with Crippen LogP contribution in [-0.4, -0.2) is 53.8 Å². The third kappa shape index (κ3) is 6.30. The van der Waals surface area contributed by atoms with Crippen molar-refractivity contribution in [2.24, 2.45) is 0 Å². The second-order valence-electron chi connectivity index (χ2n) is 12.2. The Kier molecular flexibility index (Phi) is 8.19. The number of hydrogen-bond acceptors (Lipinski definition) is 6. The lowest BCUT2D eigenvalue weighted by Crippen LogP contribution is -2.49. The maximum atomic E-state index is 13.4. The van der Waals surface area contributed by atoms with E-state index in [0.29, 0.717) is 37.0 Å². The fourth-order valence-electron chi connectivity index (χ4n) is 5.24. The molecule has 3 aromatic carbocycles. The number of benzene rings is 3. The van der Waals surface area contributed by atoms with Crippen LogP contribution < -0.4 is 5.32 Å². The van der Waals surface area contributed by atoms with Crippen LogP contribution in [0.25, 0.3) is 10.9 Å². The minimum atomic E-state index is -3.55.